The van der Waals surface area contributed by atoms with Gasteiger partial charge in [0.05, 0.1) is 18.8 Å². The molecule has 0 saturated heterocycles. The number of hydrogen-bond donors (Lipinski definition) is 0. The molecule has 162 valence electrons. The van der Waals surface area contributed by atoms with Crippen LogP contribution in [0.15, 0.2) is 52.9 Å². The van der Waals surface area contributed by atoms with Crippen molar-refractivity contribution in [2.75, 3.05) is 13.2 Å². The van der Waals surface area contributed by atoms with E-state index in [1.165, 1.54) is 18.2 Å². The lowest BCUT2D eigenvalue weighted by molar-refractivity contribution is -0.158. The van der Waals surface area contributed by atoms with Gasteiger partial charge in [0, 0.05) is 17.4 Å². The Morgan fingerprint density at radius 2 is 1.65 bits per heavy atom. The van der Waals surface area contributed by atoms with E-state index in [-0.39, 0.29) is 36.5 Å². The molecule has 0 saturated carbocycles. The Bertz CT molecular complexity index is 1120. The third kappa shape index (κ3) is 4.54. The molecule has 0 fully saturated rings. The number of halogens is 2. The van der Waals surface area contributed by atoms with Gasteiger partial charge in [-0.05, 0) is 32.0 Å². The predicted molar refractivity (Wildman–Crippen MR) is 115 cm³/mol. The summed E-state index contributed by atoms with van der Waals surface area (Å²) >= 11 is 3.18. The molecule has 0 unspecified atom stereocenters. The zero-order chi connectivity index (χ0) is 22.6. The summed E-state index contributed by atoms with van der Waals surface area (Å²) in [4.78, 5) is 38.6. The van der Waals surface area contributed by atoms with Gasteiger partial charge in [-0.25, -0.2) is 14.0 Å². The molecular weight excluding hydrogens is 471 g/mol. The van der Waals surface area contributed by atoms with E-state index in [2.05, 4.69) is 15.9 Å². The molecule has 0 aliphatic carbocycles. The van der Waals surface area contributed by atoms with E-state index in [9.17, 15) is 18.8 Å². The van der Waals surface area contributed by atoms with Gasteiger partial charge in [0.25, 0.3) is 0 Å². The normalized spacial score (nSPS) is 11.4. The number of rotatable bonds is 8. The van der Waals surface area contributed by atoms with Crippen LogP contribution in [0.5, 0.6) is 0 Å². The maximum Gasteiger partial charge on any atom is 0.334 e. The molecule has 2 aromatic carbocycles. The van der Waals surface area contributed by atoms with E-state index in [4.69, 9.17) is 13.9 Å². The van der Waals surface area contributed by atoms with Gasteiger partial charge in [0.2, 0.25) is 4.32 Å². The van der Waals surface area contributed by atoms with E-state index in [1.807, 2.05) is 0 Å². The highest BCUT2D eigenvalue weighted by Gasteiger charge is 2.48. The fraction of sp³-hybridized carbons (Fsp3) is 0.261. The number of hydrogen-bond acceptors (Lipinski definition) is 6. The zero-order valence-corrected chi connectivity index (χ0v) is 18.5. The maximum absolute atomic E-state index is 13.7. The second kappa shape index (κ2) is 9.43. The minimum absolute atomic E-state index is 0.0425. The number of carbonyl (C=O) groups is 3. The molecule has 3 aromatic rings. The molecule has 6 nitrogen and oxygen atoms in total. The number of fused-ring (bicyclic) bond motifs is 1. The van der Waals surface area contributed by atoms with Crippen LogP contribution in [-0.4, -0.2) is 35.3 Å². The van der Waals surface area contributed by atoms with Gasteiger partial charge in [0.15, 0.2) is 5.78 Å². The first-order valence-electron chi connectivity index (χ1n) is 9.65. The Morgan fingerprint density at radius 1 is 1.00 bits per heavy atom. The van der Waals surface area contributed by atoms with Gasteiger partial charge in [-0.1, -0.05) is 46.3 Å². The number of esters is 2. The fourth-order valence-electron chi connectivity index (χ4n) is 3.18. The summed E-state index contributed by atoms with van der Waals surface area (Å²) in [5.41, 5.74) is 0.638. The quantitative estimate of drug-likeness (QED) is 0.198. The van der Waals surface area contributed by atoms with E-state index >= 15 is 0 Å². The molecular formula is C23H20BrFO6. The molecule has 0 radical (unpaired) electrons. The Kier molecular flexibility index (Phi) is 6.90. The number of furan rings is 1. The second-order valence-corrected chi connectivity index (χ2v) is 8.01. The first-order chi connectivity index (χ1) is 14.8. The SMILES string of the molecule is CCOC(=O)C(Br)(Cc1oc2ccccc2c1C(=O)c1cccc(F)c1)C(=O)OCC. The zero-order valence-electron chi connectivity index (χ0n) is 16.9. The summed E-state index contributed by atoms with van der Waals surface area (Å²) in [6.45, 7) is 3.30. The van der Waals surface area contributed by atoms with Crippen molar-refractivity contribution in [1.82, 2.24) is 0 Å². The summed E-state index contributed by atoms with van der Waals surface area (Å²) < 4.78 is 27.8. The largest absolute Gasteiger partial charge is 0.464 e. The lowest BCUT2D eigenvalue weighted by Crippen LogP contribution is -2.45. The highest BCUT2D eigenvalue weighted by atomic mass is 79.9. The van der Waals surface area contributed by atoms with Crippen LogP contribution in [0.4, 0.5) is 4.39 Å². The highest BCUT2D eigenvalue weighted by molar-refractivity contribution is 9.10. The molecule has 1 heterocycles. The Hall–Kier alpha value is -3.00. The summed E-state index contributed by atoms with van der Waals surface area (Å²) in [6, 6.07) is 12.0. The second-order valence-electron chi connectivity index (χ2n) is 6.65. The summed E-state index contributed by atoms with van der Waals surface area (Å²) in [6.07, 6.45) is -0.338. The van der Waals surface area contributed by atoms with Crippen molar-refractivity contribution in [2.45, 2.75) is 24.6 Å². The fourth-order valence-corrected chi connectivity index (χ4v) is 3.67. The van der Waals surface area contributed by atoms with Crippen molar-refractivity contribution in [3.63, 3.8) is 0 Å². The first kappa shape index (κ1) is 22.7. The molecule has 0 spiro atoms. The van der Waals surface area contributed by atoms with Crippen molar-refractivity contribution < 1.29 is 32.7 Å². The number of ether oxygens (including phenoxy) is 2. The van der Waals surface area contributed by atoms with Crippen LogP contribution in [0.25, 0.3) is 11.0 Å². The van der Waals surface area contributed by atoms with E-state index < -0.39 is 27.9 Å². The molecule has 0 N–H and O–H groups in total. The van der Waals surface area contributed by atoms with Gasteiger partial charge in [-0.2, -0.15) is 0 Å². The summed E-state index contributed by atoms with van der Waals surface area (Å²) in [5, 5.41) is 0.481. The highest BCUT2D eigenvalue weighted by Crippen LogP contribution is 2.35. The van der Waals surface area contributed by atoms with Gasteiger partial charge >= 0.3 is 11.9 Å². The van der Waals surface area contributed by atoms with Crippen LogP contribution < -0.4 is 0 Å². The van der Waals surface area contributed by atoms with E-state index in [0.29, 0.717) is 11.0 Å². The third-order valence-electron chi connectivity index (χ3n) is 4.58. The molecule has 1 aromatic heterocycles. The van der Waals surface area contributed by atoms with Crippen LogP contribution in [0.1, 0.15) is 35.5 Å². The predicted octanol–water partition coefficient (Wildman–Crippen LogP) is 4.61. The number of para-hydroxylation sites is 1. The van der Waals surface area contributed by atoms with Gasteiger partial charge in [-0.3, -0.25) is 4.79 Å². The standard InChI is InChI=1S/C23H20BrFO6/c1-3-29-21(27)23(24,22(28)30-4-2)13-18-19(16-10-5-6-11-17(16)31-18)20(26)14-8-7-9-15(25)12-14/h5-12H,3-4,13H2,1-2H3. The molecule has 31 heavy (non-hydrogen) atoms. The number of benzene rings is 2. The molecule has 0 aliphatic rings. The summed E-state index contributed by atoms with van der Waals surface area (Å²) in [7, 11) is 0. The summed E-state index contributed by atoms with van der Waals surface area (Å²) in [5.74, 6) is -2.71. The number of ketones is 1. The maximum atomic E-state index is 13.7. The smallest absolute Gasteiger partial charge is 0.334 e. The van der Waals surface area contributed by atoms with Gasteiger partial charge in [0.1, 0.15) is 17.2 Å². The number of carbonyl (C=O) groups excluding carboxylic acids is 3. The van der Waals surface area contributed by atoms with Crippen molar-refractivity contribution >= 4 is 44.6 Å². The van der Waals surface area contributed by atoms with Gasteiger partial charge < -0.3 is 13.9 Å². The lowest BCUT2D eigenvalue weighted by Gasteiger charge is -2.22. The molecule has 0 amide bonds. The monoisotopic (exact) mass is 490 g/mol. The average Bonchev–Trinajstić information content (AvgIpc) is 3.11. The molecule has 8 heteroatoms. The Labute approximate surface area is 186 Å². The van der Waals surface area contributed by atoms with Crippen LogP contribution >= 0.6 is 15.9 Å². The van der Waals surface area contributed by atoms with Crippen molar-refractivity contribution in [3.05, 3.63) is 71.2 Å². The molecule has 0 aliphatic heterocycles. The first-order valence-corrected chi connectivity index (χ1v) is 10.4. The van der Waals surface area contributed by atoms with Crippen molar-refractivity contribution in [1.29, 1.82) is 0 Å². The molecule has 0 bridgehead atoms. The minimum Gasteiger partial charge on any atom is -0.464 e. The Balaban J connectivity index is 2.15. The lowest BCUT2D eigenvalue weighted by atomic mass is 9.95. The van der Waals surface area contributed by atoms with Crippen LogP contribution in [0.2, 0.25) is 0 Å². The molecule has 0 atom stereocenters. The van der Waals surface area contributed by atoms with E-state index in [0.717, 1.165) is 6.07 Å². The Morgan fingerprint density at radius 3 is 2.26 bits per heavy atom. The van der Waals surface area contributed by atoms with Gasteiger partial charge in [-0.15, -0.1) is 0 Å². The van der Waals surface area contributed by atoms with Crippen molar-refractivity contribution in [3.8, 4) is 0 Å². The van der Waals surface area contributed by atoms with Crippen LogP contribution in [-0.2, 0) is 25.5 Å². The van der Waals surface area contributed by atoms with Crippen LogP contribution in [0.3, 0.4) is 0 Å². The third-order valence-corrected chi connectivity index (χ3v) is 5.51. The van der Waals surface area contributed by atoms with E-state index in [1.54, 1.807) is 38.1 Å². The topological polar surface area (TPSA) is 82.8 Å². The molecule has 3 rings (SSSR count). The van der Waals surface area contributed by atoms with Crippen LogP contribution in [0, 0.1) is 5.82 Å². The number of alkyl halides is 1. The minimum atomic E-state index is -1.91. The van der Waals surface area contributed by atoms with Crippen molar-refractivity contribution in [2.24, 2.45) is 0 Å². The average molecular weight is 491 g/mol.